The highest BCUT2D eigenvalue weighted by atomic mass is 16.6. The molecule has 1 aromatic carbocycles. The summed E-state index contributed by atoms with van der Waals surface area (Å²) in [6.07, 6.45) is 0.310. The summed E-state index contributed by atoms with van der Waals surface area (Å²) in [5.41, 5.74) is 0.0381. The van der Waals surface area contributed by atoms with Gasteiger partial charge in [-0.25, -0.2) is 4.79 Å². The van der Waals surface area contributed by atoms with E-state index in [1.807, 2.05) is 0 Å². The molecule has 2 saturated heterocycles. The maximum atomic E-state index is 11.8. The number of cyclic esters (lactones) is 1. The number of aromatic hydroxyl groups is 1. The van der Waals surface area contributed by atoms with Crippen molar-refractivity contribution in [3.63, 3.8) is 0 Å². The van der Waals surface area contributed by atoms with Crippen LogP contribution in [0, 0.1) is 0 Å². The van der Waals surface area contributed by atoms with E-state index in [1.165, 1.54) is 4.90 Å². The van der Waals surface area contributed by atoms with Crippen LogP contribution >= 0.6 is 0 Å². The van der Waals surface area contributed by atoms with Gasteiger partial charge in [-0.3, -0.25) is 4.90 Å². The average Bonchev–Trinajstić information content (AvgIpc) is 2.90. The molecule has 5 nitrogen and oxygen atoms in total. The fourth-order valence-electron chi connectivity index (χ4n) is 2.41. The number of benzene rings is 1. The van der Waals surface area contributed by atoms with E-state index in [0.717, 1.165) is 6.42 Å². The van der Waals surface area contributed by atoms with Crippen molar-refractivity contribution in [2.45, 2.75) is 12.0 Å². The zero-order valence-electron chi connectivity index (χ0n) is 9.26. The van der Waals surface area contributed by atoms with Gasteiger partial charge in [0.05, 0.1) is 12.3 Å². The molecule has 2 aliphatic heterocycles. The molecule has 0 aromatic heterocycles. The zero-order valence-corrected chi connectivity index (χ0v) is 9.26. The molecule has 90 valence electrons. The Labute approximate surface area is 98.6 Å². The summed E-state index contributed by atoms with van der Waals surface area (Å²) in [7, 11) is 0. The molecule has 5 heteroatoms. The van der Waals surface area contributed by atoms with Gasteiger partial charge in [-0.2, -0.15) is 0 Å². The number of anilines is 1. The van der Waals surface area contributed by atoms with Crippen LogP contribution in [-0.2, 0) is 9.47 Å². The number of hydrogen-bond donors (Lipinski definition) is 1. The van der Waals surface area contributed by atoms with Crippen molar-refractivity contribution < 1.29 is 19.4 Å². The molecule has 1 N–H and O–H groups in total. The molecule has 1 aromatic rings. The van der Waals surface area contributed by atoms with E-state index >= 15 is 0 Å². The molecule has 0 aliphatic carbocycles. The molecular weight excluding hydrogens is 222 g/mol. The van der Waals surface area contributed by atoms with Gasteiger partial charge in [0, 0.05) is 13.0 Å². The lowest BCUT2D eigenvalue weighted by Crippen LogP contribution is -2.48. The number of carbonyl (C=O) groups is 1. The first-order valence-electron chi connectivity index (χ1n) is 5.56. The minimum absolute atomic E-state index is 0.0811. The van der Waals surface area contributed by atoms with E-state index < -0.39 is 11.6 Å². The first-order valence-corrected chi connectivity index (χ1v) is 5.56. The Balaban J connectivity index is 2.05. The fraction of sp³-hybridized carbons (Fsp3) is 0.417. The highest BCUT2D eigenvalue weighted by Gasteiger charge is 2.51. The Morgan fingerprint density at radius 1 is 1.29 bits per heavy atom. The van der Waals surface area contributed by atoms with E-state index in [9.17, 15) is 9.90 Å². The predicted molar refractivity (Wildman–Crippen MR) is 60.1 cm³/mol. The maximum absolute atomic E-state index is 11.8. The number of para-hydroxylation sites is 2. The Morgan fingerprint density at radius 3 is 2.82 bits per heavy atom. The molecule has 2 heterocycles. The van der Waals surface area contributed by atoms with E-state index in [4.69, 9.17) is 9.47 Å². The van der Waals surface area contributed by atoms with Crippen LogP contribution in [0.15, 0.2) is 24.3 Å². The van der Waals surface area contributed by atoms with Gasteiger partial charge in [-0.1, -0.05) is 12.1 Å². The van der Waals surface area contributed by atoms with Gasteiger partial charge in [0.25, 0.3) is 0 Å². The molecule has 0 radical (unpaired) electrons. The van der Waals surface area contributed by atoms with E-state index in [2.05, 4.69) is 0 Å². The van der Waals surface area contributed by atoms with Crippen LogP contribution in [0.4, 0.5) is 10.5 Å². The number of phenolic OH excluding ortho intramolecular Hbond substituents is 1. The first-order chi connectivity index (χ1) is 8.23. The van der Waals surface area contributed by atoms with Crippen LogP contribution in [0.1, 0.15) is 6.42 Å². The Morgan fingerprint density at radius 2 is 2.12 bits per heavy atom. The molecule has 1 atom stereocenters. The summed E-state index contributed by atoms with van der Waals surface area (Å²) in [4.78, 5) is 13.3. The molecule has 1 amide bonds. The molecule has 2 aliphatic rings. The summed E-state index contributed by atoms with van der Waals surface area (Å²) in [6.45, 7) is 1.38. The van der Waals surface area contributed by atoms with Crippen LogP contribution in [0.25, 0.3) is 0 Å². The number of carbonyl (C=O) groups excluding carboxylic acids is 1. The van der Waals surface area contributed by atoms with Crippen molar-refractivity contribution in [2.75, 3.05) is 24.7 Å². The maximum Gasteiger partial charge on any atom is 0.415 e. The number of ether oxygens (including phenoxy) is 2. The molecule has 3 rings (SSSR count). The molecular formula is C12H13NO4. The van der Waals surface area contributed by atoms with Crippen molar-refractivity contribution >= 4 is 11.8 Å². The summed E-state index contributed by atoms with van der Waals surface area (Å²) in [5.74, 6) is 0.0811. The Hall–Kier alpha value is -1.75. The van der Waals surface area contributed by atoms with Gasteiger partial charge in [0.1, 0.15) is 17.9 Å². The third-order valence-electron chi connectivity index (χ3n) is 3.33. The average molecular weight is 235 g/mol. The summed E-state index contributed by atoms with van der Waals surface area (Å²) < 4.78 is 10.5. The first kappa shape index (κ1) is 10.4. The van der Waals surface area contributed by atoms with E-state index in [0.29, 0.717) is 25.5 Å². The van der Waals surface area contributed by atoms with Crippen LogP contribution in [0.5, 0.6) is 5.75 Å². The minimum atomic E-state index is -0.448. The topological polar surface area (TPSA) is 59.0 Å². The predicted octanol–water partition coefficient (Wildman–Crippen LogP) is 1.51. The van der Waals surface area contributed by atoms with Crippen LogP contribution < -0.4 is 4.90 Å². The normalized spacial score (nSPS) is 27.8. The molecule has 17 heavy (non-hydrogen) atoms. The van der Waals surface area contributed by atoms with Gasteiger partial charge in [0.15, 0.2) is 0 Å². The lowest BCUT2D eigenvalue weighted by Gasteiger charge is -2.30. The summed E-state index contributed by atoms with van der Waals surface area (Å²) in [6, 6.07) is 6.77. The third-order valence-corrected chi connectivity index (χ3v) is 3.33. The fourth-order valence-corrected chi connectivity index (χ4v) is 2.41. The van der Waals surface area contributed by atoms with E-state index in [1.54, 1.807) is 24.3 Å². The highest BCUT2D eigenvalue weighted by Crippen LogP contribution is 2.40. The Kier molecular flexibility index (Phi) is 2.22. The van der Waals surface area contributed by atoms with Gasteiger partial charge in [0.2, 0.25) is 0 Å². The second-order valence-corrected chi connectivity index (χ2v) is 4.41. The van der Waals surface area contributed by atoms with Crippen LogP contribution in [0.3, 0.4) is 0 Å². The van der Waals surface area contributed by atoms with Crippen molar-refractivity contribution in [1.29, 1.82) is 0 Å². The zero-order chi connectivity index (χ0) is 11.9. The summed E-state index contributed by atoms with van der Waals surface area (Å²) >= 11 is 0. The second-order valence-electron chi connectivity index (χ2n) is 4.41. The van der Waals surface area contributed by atoms with Gasteiger partial charge >= 0.3 is 6.09 Å². The molecule has 0 bridgehead atoms. The largest absolute Gasteiger partial charge is 0.506 e. The van der Waals surface area contributed by atoms with E-state index in [-0.39, 0.29) is 5.75 Å². The third kappa shape index (κ3) is 1.46. The second kappa shape index (κ2) is 3.63. The number of phenols is 1. The monoisotopic (exact) mass is 235 g/mol. The van der Waals surface area contributed by atoms with Crippen LogP contribution in [-0.4, -0.2) is 36.6 Å². The molecule has 1 spiro atoms. The molecule has 0 saturated carbocycles. The summed E-state index contributed by atoms with van der Waals surface area (Å²) in [5, 5.41) is 9.84. The quantitative estimate of drug-likeness (QED) is 0.801. The van der Waals surface area contributed by atoms with Gasteiger partial charge < -0.3 is 14.6 Å². The SMILES string of the molecule is O=C1OCC2(CCOC2)N1c1ccccc1O. The van der Waals surface area contributed by atoms with Crippen molar-refractivity contribution in [2.24, 2.45) is 0 Å². The van der Waals surface area contributed by atoms with Gasteiger partial charge in [-0.15, -0.1) is 0 Å². The standard InChI is InChI=1S/C12H13NO4/c14-10-4-2-1-3-9(10)13-11(15)17-8-12(13)5-6-16-7-12/h1-4,14H,5-8H2. The molecule has 2 fully saturated rings. The molecule has 1 unspecified atom stereocenters. The number of amides is 1. The van der Waals surface area contributed by atoms with Crippen molar-refractivity contribution in [1.82, 2.24) is 0 Å². The van der Waals surface area contributed by atoms with Crippen LogP contribution in [0.2, 0.25) is 0 Å². The van der Waals surface area contributed by atoms with Gasteiger partial charge in [-0.05, 0) is 12.1 Å². The number of rotatable bonds is 1. The van der Waals surface area contributed by atoms with Crippen molar-refractivity contribution in [3.05, 3.63) is 24.3 Å². The lowest BCUT2D eigenvalue weighted by atomic mass is 9.98. The Bertz CT molecular complexity index is 454. The number of hydrogen-bond acceptors (Lipinski definition) is 4. The highest BCUT2D eigenvalue weighted by molar-refractivity contribution is 5.93. The number of nitrogens with zero attached hydrogens (tertiary/aromatic N) is 1. The van der Waals surface area contributed by atoms with Crippen molar-refractivity contribution in [3.8, 4) is 5.75 Å². The minimum Gasteiger partial charge on any atom is -0.506 e. The smallest absolute Gasteiger partial charge is 0.415 e. The lowest BCUT2D eigenvalue weighted by molar-refractivity contribution is 0.156.